The van der Waals surface area contributed by atoms with Crippen molar-refractivity contribution in [3.8, 4) is 11.1 Å². The van der Waals surface area contributed by atoms with Crippen LogP contribution in [0.4, 0.5) is 0 Å². The van der Waals surface area contributed by atoms with Gasteiger partial charge in [0.2, 0.25) is 0 Å². The third kappa shape index (κ3) is 2.36. The molecule has 0 aliphatic heterocycles. The minimum atomic E-state index is 0.992. The average molecular weight is 358 g/mol. The van der Waals surface area contributed by atoms with Gasteiger partial charge in [0.25, 0.3) is 0 Å². The molecule has 0 nitrogen and oxygen atoms in total. The fraction of sp³-hybridized carbons (Fsp3) is 0. The molecule has 0 saturated heterocycles. The number of hydrogen-bond donors (Lipinski definition) is 0. The highest BCUT2D eigenvalue weighted by Gasteiger charge is 1.97. The zero-order valence-electron chi connectivity index (χ0n) is 7.30. The largest absolute Gasteiger partial charge is 0.0606 e. The summed E-state index contributed by atoms with van der Waals surface area (Å²) in [7, 11) is 0. The maximum atomic E-state index is 3.38. The molecule has 0 spiro atoms. The van der Waals surface area contributed by atoms with Crippen LogP contribution in [0, 0.1) is 9.64 Å². The van der Waals surface area contributed by atoms with Gasteiger partial charge in [-0.2, -0.15) is 0 Å². The van der Waals surface area contributed by atoms with Crippen molar-refractivity contribution in [1.29, 1.82) is 0 Å². The van der Waals surface area contributed by atoms with Crippen molar-refractivity contribution >= 4 is 38.5 Å². The Bertz CT molecular complexity index is 434. The van der Waals surface area contributed by atoms with Crippen LogP contribution in [0.15, 0.2) is 46.9 Å². The van der Waals surface area contributed by atoms with Gasteiger partial charge in [-0.05, 0) is 64.0 Å². The lowest BCUT2D eigenvalue weighted by Gasteiger charge is -2.01. The lowest BCUT2D eigenvalue weighted by Crippen LogP contribution is -1.78. The molecule has 0 heterocycles. The third-order valence-corrected chi connectivity index (χ3v) is 3.10. The predicted octanol–water partition coefficient (Wildman–Crippen LogP) is 4.52. The Hall–Kier alpha value is -0.350. The van der Waals surface area contributed by atoms with E-state index in [1.807, 2.05) is 12.1 Å². The smallest absolute Gasteiger partial charge is 0.0254 e. The molecule has 2 aromatic rings. The first-order valence-electron chi connectivity index (χ1n) is 4.19. The van der Waals surface area contributed by atoms with Crippen molar-refractivity contribution in [2.45, 2.75) is 0 Å². The van der Waals surface area contributed by atoms with E-state index < -0.39 is 0 Å². The normalized spacial score (nSPS) is 10.1. The molecule has 0 aromatic heterocycles. The molecular weight excluding hydrogens is 351 g/mol. The fourth-order valence-electron chi connectivity index (χ4n) is 1.25. The summed E-state index contributed by atoms with van der Waals surface area (Å²) in [5, 5.41) is 0. The van der Waals surface area contributed by atoms with E-state index in [0.717, 1.165) is 4.47 Å². The monoisotopic (exact) mass is 357 g/mol. The lowest BCUT2D eigenvalue weighted by molar-refractivity contribution is 1.56. The molecule has 0 atom stereocenters. The van der Waals surface area contributed by atoms with E-state index in [0.29, 0.717) is 0 Å². The lowest BCUT2D eigenvalue weighted by atomic mass is 10.1. The maximum absolute atomic E-state index is 3.38. The highest BCUT2D eigenvalue weighted by Crippen LogP contribution is 2.22. The minimum absolute atomic E-state index is 0.992. The molecule has 0 fully saturated rings. The van der Waals surface area contributed by atoms with Crippen LogP contribution < -0.4 is 0 Å². The van der Waals surface area contributed by atoms with E-state index in [-0.39, 0.29) is 0 Å². The van der Waals surface area contributed by atoms with Crippen LogP contribution in [0.3, 0.4) is 0 Å². The molecule has 1 radical (unpaired) electrons. The van der Waals surface area contributed by atoms with Crippen molar-refractivity contribution in [2.75, 3.05) is 0 Å². The summed E-state index contributed by atoms with van der Waals surface area (Å²) in [6, 6.07) is 17.7. The predicted molar refractivity (Wildman–Crippen MR) is 71.1 cm³/mol. The second kappa shape index (κ2) is 4.45. The van der Waals surface area contributed by atoms with Crippen LogP contribution in [0.5, 0.6) is 0 Å². The van der Waals surface area contributed by atoms with Crippen LogP contribution in [-0.4, -0.2) is 0 Å². The quantitative estimate of drug-likeness (QED) is 0.658. The number of hydrogen-bond acceptors (Lipinski definition) is 0. The molecule has 0 N–H and O–H groups in total. The van der Waals surface area contributed by atoms with Gasteiger partial charge < -0.3 is 0 Å². The molecular formula is C12H7BrI. The molecule has 0 amide bonds. The Kier molecular flexibility index (Phi) is 3.23. The van der Waals surface area contributed by atoms with E-state index in [9.17, 15) is 0 Å². The fourth-order valence-corrected chi connectivity index (χ4v) is 2.04. The van der Waals surface area contributed by atoms with Gasteiger partial charge in [0.15, 0.2) is 0 Å². The van der Waals surface area contributed by atoms with Gasteiger partial charge >= 0.3 is 0 Å². The summed E-state index contributed by atoms with van der Waals surface area (Å²) >= 11 is 5.69. The molecule has 2 aromatic carbocycles. The zero-order chi connectivity index (χ0) is 9.97. The van der Waals surface area contributed by atoms with E-state index in [2.05, 4.69) is 74.9 Å². The molecule has 14 heavy (non-hydrogen) atoms. The third-order valence-electron chi connectivity index (χ3n) is 1.93. The molecule has 0 unspecified atom stereocenters. The van der Waals surface area contributed by atoms with Gasteiger partial charge in [0.1, 0.15) is 0 Å². The highest BCUT2D eigenvalue weighted by atomic mass is 127. The van der Waals surface area contributed by atoms with Gasteiger partial charge in [-0.3, -0.25) is 0 Å². The first-order chi connectivity index (χ1) is 6.75. The van der Waals surface area contributed by atoms with Crippen LogP contribution >= 0.6 is 38.5 Å². The average Bonchev–Trinajstić information content (AvgIpc) is 2.19. The van der Waals surface area contributed by atoms with E-state index in [1.165, 1.54) is 14.7 Å². The van der Waals surface area contributed by atoms with Gasteiger partial charge in [-0.25, -0.2) is 0 Å². The second-order valence-corrected chi connectivity index (χ2v) is 5.04. The van der Waals surface area contributed by atoms with Crippen molar-refractivity contribution < 1.29 is 0 Å². The molecule has 69 valence electrons. The maximum Gasteiger partial charge on any atom is 0.0254 e. The van der Waals surface area contributed by atoms with E-state index >= 15 is 0 Å². The van der Waals surface area contributed by atoms with Crippen LogP contribution in [0.1, 0.15) is 0 Å². The molecule has 0 aliphatic carbocycles. The Morgan fingerprint density at radius 2 is 1.93 bits per heavy atom. The van der Waals surface area contributed by atoms with E-state index in [4.69, 9.17) is 0 Å². The number of rotatable bonds is 1. The minimum Gasteiger partial charge on any atom is -0.0606 e. The SMILES string of the molecule is Brc1[c]cc(-c2cccc(I)c2)cc1. The standard InChI is InChI=1S/C12H7BrI/c13-11-6-4-9(5-7-11)10-2-1-3-12(14)8-10/h1-6,8H. The highest BCUT2D eigenvalue weighted by molar-refractivity contribution is 14.1. The van der Waals surface area contributed by atoms with Crippen LogP contribution in [0.25, 0.3) is 11.1 Å². The van der Waals surface area contributed by atoms with Crippen LogP contribution in [-0.2, 0) is 0 Å². The van der Waals surface area contributed by atoms with Crippen LogP contribution in [0.2, 0.25) is 0 Å². The van der Waals surface area contributed by atoms with Gasteiger partial charge in [0.05, 0.1) is 0 Å². The summed E-state index contributed by atoms with van der Waals surface area (Å²) in [6.45, 7) is 0. The number of benzene rings is 2. The summed E-state index contributed by atoms with van der Waals surface area (Å²) in [5.41, 5.74) is 2.44. The van der Waals surface area contributed by atoms with Crippen molar-refractivity contribution in [3.05, 3.63) is 56.6 Å². The topological polar surface area (TPSA) is 0 Å². The summed E-state index contributed by atoms with van der Waals surface area (Å²) in [4.78, 5) is 0. The zero-order valence-corrected chi connectivity index (χ0v) is 11.0. The first kappa shape index (κ1) is 10.2. The molecule has 2 rings (SSSR count). The molecule has 2 heteroatoms. The Balaban J connectivity index is 2.44. The van der Waals surface area contributed by atoms with Crippen molar-refractivity contribution in [1.82, 2.24) is 0 Å². The van der Waals surface area contributed by atoms with Gasteiger partial charge in [-0.1, -0.05) is 34.1 Å². The van der Waals surface area contributed by atoms with Crippen molar-refractivity contribution in [2.24, 2.45) is 0 Å². The second-order valence-electron chi connectivity index (χ2n) is 2.94. The Morgan fingerprint density at radius 1 is 1.07 bits per heavy atom. The molecule has 0 bridgehead atoms. The van der Waals surface area contributed by atoms with Gasteiger partial charge in [-0.15, -0.1) is 0 Å². The summed E-state index contributed by atoms with van der Waals surface area (Å²) in [5.74, 6) is 0. The van der Waals surface area contributed by atoms with Gasteiger partial charge in [0, 0.05) is 8.04 Å². The Morgan fingerprint density at radius 3 is 2.57 bits per heavy atom. The van der Waals surface area contributed by atoms with Crippen molar-refractivity contribution in [3.63, 3.8) is 0 Å². The summed E-state index contributed by atoms with van der Waals surface area (Å²) < 4.78 is 2.25. The first-order valence-corrected chi connectivity index (χ1v) is 6.06. The van der Waals surface area contributed by atoms with E-state index in [1.54, 1.807) is 0 Å². The molecule has 0 aliphatic rings. The number of halogens is 2. The molecule has 0 saturated carbocycles. The summed E-state index contributed by atoms with van der Waals surface area (Å²) in [6.07, 6.45) is 0. The Labute approximate surface area is 106 Å².